The lowest BCUT2D eigenvalue weighted by molar-refractivity contribution is 0.0678. The summed E-state index contributed by atoms with van der Waals surface area (Å²) in [5, 5.41) is 3.91. The summed E-state index contributed by atoms with van der Waals surface area (Å²) >= 11 is 6.05. The van der Waals surface area contributed by atoms with E-state index in [0.29, 0.717) is 11.6 Å². The fourth-order valence-corrected chi connectivity index (χ4v) is 8.34. The van der Waals surface area contributed by atoms with Crippen molar-refractivity contribution in [2.45, 2.75) is 30.7 Å². The second-order valence-electron chi connectivity index (χ2n) is 6.97. The van der Waals surface area contributed by atoms with Gasteiger partial charge in [-0.1, -0.05) is 23.7 Å². The zero-order valence-electron chi connectivity index (χ0n) is 12.9. The predicted molar refractivity (Wildman–Crippen MR) is 92.6 cm³/mol. The number of hydrogen-bond donors (Lipinski definition) is 1. The molecule has 0 aliphatic carbocycles. The molecule has 4 atom stereocenters. The minimum absolute atomic E-state index is 0.0764. The van der Waals surface area contributed by atoms with Crippen molar-refractivity contribution in [3.05, 3.63) is 34.9 Å². The fraction of sp³-hybridized carbons (Fsp3) is 0.600. The zero-order chi connectivity index (χ0) is 17.1. The average molecular weight is 391 g/mol. The van der Waals surface area contributed by atoms with Gasteiger partial charge < -0.3 is 5.32 Å². The molecule has 3 fully saturated rings. The zero-order valence-corrected chi connectivity index (χ0v) is 15.3. The summed E-state index contributed by atoms with van der Waals surface area (Å²) in [6, 6.07) is 6.63. The van der Waals surface area contributed by atoms with Gasteiger partial charge in [-0.05, 0) is 17.7 Å². The van der Waals surface area contributed by atoms with Crippen LogP contribution in [0.5, 0.6) is 0 Å². The molecule has 132 valence electrons. The summed E-state index contributed by atoms with van der Waals surface area (Å²) in [5.41, 5.74) is 0.968. The molecule has 0 unspecified atom stereocenters. The molecule has 1 aromatic rings. The third kappa shape index (κ3) is 3.10. The van der Waals surface area contributed by atoms with Crippen LogP contribution in [0.15, 0.2) is 24.3 Å². The molecule has 3 saturated heterocycles. The number of benzene rings is 1. The van der Waals surface area contributed by atoms with E-state index in [-0.39, 0.29) is 47.2 Å². The van der Waals surface area contributed by atoms with Crippen molar-refractivity contribution in [3.8, 4) is 0 Å². The molecule has 0 amide bonds. The molecular formula is C15H19ClN2O4S2. The first kappa shape index (κ1) is 16.8. The highest BCUT2D eigenvalue weighted by molar-refractivity contribution is 7.92. The smallest absolute Gasteiger partial charge is 0.153 e. The van der Waals surface area contributed by atoms with Crippen molar-refractivity contribution in [1.82, 2.24) is 10.2 Å². The van der Waals surface area contributed by atoms with Crippen LogP contribution in [0.4, 0.5) is 0 Å². The maximum absolute atomic E-state index is 12.1. The maximum Gasteiger partial charge on any atom is 0.153 e. The van der Waals surface area contributed by atoms with E-state index in [1.165, 1.54) is 0 Å². The van der Waals surface area contributed by atoms with Gasteiger partial charge in [0.1, 0.15) is 0 Å². The van der Waals surface area contributed by atoms with Crippen LogP contribution in [0.3, 0.4) is 0 Å². The molecule has 1 aromatic carbocycles. The monoisotopic (exact) mass is 390 g/mol. The number of fused-ring (bicyclic) bond motifs is 2. The third-order valence-electron chi connectivity index (χ3n) is 5.18. The molecule has 0 aromatic heterocycles. The fourth-order valence-electron chi connectivity index (χ4n) is 4.23. The highest BCUT2D eigenvalue weighted by atomic mass is 35.5. The van der Waals surface area contributed by atoms with Gasteiger partial charge in [0.25, 0.3) is 0 Å². The molecule has 3 aliphatic rings. The number of piperazine rings is 1. The van der Waals surface area contributed by atoms with Crippen LogP contribution in [-0.4, -0.2) is 68.9 Å². The minimum atomic E-state index is -3.10. The van der Waals surface area contributed by atoms with E-state index in [2.05, 4.69) is 10.2 Å². The predicted octanol–water partition coefficient (Wildman–Crippen LogP) is 0.0764. The lowest BCUT2D eigenvalue weighted by atomic mass is 9.96. The summed E-state index contributed by atoms with van der Waals surface area (Å²) in [6.07, 6.45) is 0. The molecule has 4 rings (SSSR count). The summed E-state index contributed by atoms with van der Waals surface area (Å²) in [7, 11) is -6.20. The Morgan fingerprint density at radius 3 is 2.12 bits per heavy atom. The second kappa shape index (κ2) is 5.67. The molecule has 0 spiro atoms. The lowest BCUT2D eigenvalue weighted by Crippen LogP contribution is -2.66. The van der Waals surface area contributed by atoms with Gasteiger partial charge >= 0.3 is 0 Å². The van der Waals surface area contributed by atoms with Gasteiger partial charge in [0, 0.05) is 35.7 Å². The van der Waals surface area contributed by atoms with E-state index >= 15 is 0 Å². The van der Waals surface area contributed by atoms with E-state index in [1.54, 1.807) is 6.07 Å². The van der Waals surface area contributed by atoms with Crippen molar-refractivity contribution >= 4 is 31.3 Å². The first-order valence-corrected chi connectivity index (χ1v) is 11.9. The number of nitrogens with zero attached hydrogens (tertiary/aromatic N) is 1. The molecule has 3 aliphatic heterocycles. The quantitative estimate of drug-likeness (QED) is 0.769. The Morgan fingerprint density at radius 1 is 1.00 bits per heavy atom. The molecule has 6 nitrogen and oxygen atoms in total. The van der Waals surface area contributed by atoms with Gasteiger partial charge in [0.15, 0.2) is 19.7 Å². The van der Waals surface area contributed by atoms with E-state index in [1.807, 2.05) is 18.2 Å². The molecule has 0 bridgehead atoms. The van der Waals surface area contributed by atoms with Gasteiger partial charge in [-0.3, -0.25) is 4.90 Å². The molecule has 1 N–H and O–H groups in total. The number of hydrogen-bond acceptors (Lipinski definition) is 6. The van der Waals surface area contributed by atoms with Gasteiger partial charge in [0.2, 0.25) is 0 Å². The van der Waals surface area contributed by atoms with Crippen LogP contribution in [0.25, 0.3) is 0 Å². The molecule has 3 heterocycles. The lowest BCUT2D eigenvalue weighted by Gasteiger charge is -2.45. The largest absolute Gasteiger partial charge is 0.306 e. The Hall–Kier alpha value is -0.670. The normalized spacial score (nSPS) is 37.0. The third-order valence-corrected chi connectivity index (χ3v) is 8.85. The summed E-state index contributed by atoms with van der Waals surface area (Å²) < 4.78 is 48.4. The van der Waals surface area contributed by atoms with Crippen LogP contribution in [-0.2, 0) is 26.2 Å². The Labute approximate surface area is 147 Å². The van der Waals surface area contributed by atoms with Crippen LogP contribution >= 0.6 is 11.6 Å². The summed E-state index contributed by atoms with van der Waals surface area (Å²) in [4.78, 5) is 2.08. The number of nitrogens with one attached hydrogen (secondary N) is 1. The molecule has 9 heteroatoms. The SMILES string of the molecule is O=S1(=O)C[C@@H]2N[C@@H]3CS(=O)(=O)C[C@H]3N(Cc3cccc(Cl)c3)[C@@H]2C1. The van der Waals surface area contributed by atoms with Crippen LogP contribution in [0.2, 0.25) is 5.02 Å². The van der Waals surface area contributed by atoms with Crippen LogP contribution in [0.1, 0.15) is 5.56 Å². The van der Waals surface area contributed by atoms with Gasteiger partial charge in [-0.15, -0.1) is 0 Å². The molecule has 24 heavy (non-hydrogen) atoms. The van der Waals surface area contributed by atoms with E-state index in [9.17, 15) is 16.8 Å². The Morgan fingerprint density at radius 2 is 1.58 bits per heavy atom. The standard InChI is InChI=1S/C15H19ClN2O4S2/c16-11-3-1-2-10(4-11)5-18-14-8-23(19,20)6-12(14)17-13-7-24(21,22)9-15(13)18/h1-4,12-15,17H,5-9H2/t12-,13+,14-,15-/m1/s1. The highest BCUT2D eigenvalue weighted by Crippen LogP contribution is 2.33. The van der Waals surface area contributed by atoms with Crippen molar-refractivity contribution in [2.24, 2.45) is 0 Å². The second-order valence-corrected chi connectivity index (χ2v) is 11.7. The summed E-state index contributed by atoms with van der Waals surface area (Å²) in [5.74, 6) is 0.308. The van der Waals surface area contributed by atoms with E-state index in [4.69, 9.17) is 11.6 Å². The van der Waals surface area contributed by atoms with Crippen LogP contribution < -0.4 is 5.32 Å². The molecular weight excluding hydrogens is 372 g/mol. The first-order valence-electron chi connectivity index (χ1n) is 7.89. The van der Waals surface area contributed by atoms with Gasteiger partial charge in [0.05, 0.1) is 23.0 Å². The maximum atomic E-state index is 12.1. The highest BCUT2D eigenvalue weighted by Gasteiger charge is 2.53. The molecule has 0 radical (unpaired) electrons. The van der Waals surface area contributed by atoms with Crippen molar-refractivity contribution in [1.29, 1.82) is 0 Å². The average Bonchev–Trinajstić information content (AvgIpc) is 2.92. The Balaban J connectivity index is 1.69. The van der Waals surface area contributed by atoms with E-state index < -0.39 is 19.7 Å². The number of halogens is 1. The Bertz CT molecular complexity index is 823. The molecule has 0 saturated carbocycles. The van der Waals surface area contributed by atoms with Crippen molar-refractivity contribution < 1.29 is 16.8 Å². The van der Waals surface area contributed by atoms with Gasteiger partial charge in [-0.2, -0.15) is 0 Å². The van der Waals surface area contributed by atoms with Gasteiger partial charge in [-0.25, -0.2) is 16.8 Å². The van der Waals surface area contributed by atoms with Crippen molar-refractivity contribution in [2.75, 3.05) is 23.0 Å². The summed E-state index contributed by atoms with van der Waals surface area (Å²) in [6.45, 7) is 0.510. The van der Waals surface area contributed by atoms with Crippen molar-refractivity contribution in [3.63, 3.8) is 0 Å². The van der Waals surface area contributed by atoms with E-state index in [0.717, 1.165) is 5.56 Å². The number of rotatable bonds is 2. The topological polar surface area (TPSA) is 83.5 Å². The Kier molecular flexibility index (Phi) is 3.96. The minimum Gasteiger partial charge on any atom is -0.306 e. The van der Waals surface area contributed by atoms with Crippen LogP contribution in [0, 0.1) is 0 Å². The number of sulfone groups is 2. The first-order chi connectivity index (χ1) is 11.2.